The van der Waals surface area contributed by atoms with E-state index in [0.717, 1.165) is 5.56 Å². The van der Waals surface area contributed by atoms with E-state index in [1.54, 1.807) is 33.2 Å². The molecule has 0 saturated carbocycles. The van der Waals surface area contributed by atoms with Gasteiger partial charge in [-0.1, -0.05) is 0 Å². The number of H-pyrrole nitrogens is 1. The van der Waals surface area contributed by atoms with Crippen LogP contribution in [-0.4, -0.2) is 54.0 Å². The van der Waals surface area contributed by atoms with Crippen molar-refractivity contribution in [3.8, 4) is 0 Å². The Kier molecular flexibility index (Phi) is 5.79. The van der Waals surface area contributed by atoms with Crippen LogP contribution in [-0.2, 0) is 6.42 Å². The number of rotatable bonds is 3. The van der Waals surface area contributed by atoms with E-state index in [4.69, 9.17) is 15.1 Å². The van der Waals surface area contributed by atoms with Gasteiger partial charge in [0, 0.05) is 12.6 Å². The van der Waals surface area contributed by atoms with Gasteiger partial charge in [-0.05, 0) is 26.3 Å². The third-order valence-electron chi connectivity index (χ3n) is 2.42. The Morgan fingerprint density at radius 1 is 1.24 bits per heavy atom. The number of nitrogens with zero attached hydrogens (tertiary/aromatic N) is 1. The highest BCUT2D eigenvalue weighted by molar-refractivity contribution is 6.30. The summed E-state index contributed by atoms with van der Waals surface area (Å²) in [5, 5.41) is 47.5. The molecule has 1 aromatic rings. The van der Waals surface area contributed by atoms with Crippen molar-refractivity contribution >= 4 is 7.32 Å². The van der Waals surface area contributed by atoms with Crippen LogP contribution in [0.25, 0.3) is 0 Å². The molecule has 8 heteroatoms. The number of aliphatic hydroxyl groups is 2. The van der Waals surface area contributed by atoms with E-state index < -0.39 is 18.5 Å². The smallest absolute Gasteiger partial charge is 0.402 e. The van der Waals surface area contributed by atoms with E-state index in [-0.39, 0.29) is 0 Å². The van der Waals surface area contributed by atoms with Gasteiger partial charge in [0.05, 0.1) is 17.4 Å². The van der Waals surface area contributed by atoms with E-state index in [2.05, 4.69) is 10.2 Å². The molecule has 1 unspecified atom stereocenters. The Labute approximate surface area is 99.9 Å². The summed E-state index contributed by atoms with van der Waals surface area (Å²) >= 11 is 0. The minimum Gasteiger partial charge on any atom is -0.402 e. The lowest BCUT2D eigenvalue weighted by atomic mass is 9.83. The van der Waals surface area contributed by atoms with E-state index >= 15 is 0 Å². The molecule has 0 amide bonds. The van der Waals surface area contributed by atoms with Crippen molar-refractivity contribution in [2.45, 2.75) is 38.4 Å². The molecule has 98 valence electrons. The van der Waals surface area contributed by atoms with Crippen molar-refractivity contribution in [3.05, 3.63) is 18.0 Å². The van der Waals surface area contributed by atoms with Crippen LogP contribution in [0.1, 0.15) is 26.3 Å². The van der Waals surface area contributed by atoms with Crippen molar-refractivity contribution in [3.63, 3.8) is 0 Å². The van der Waals surface area contributed by atoms with Gasteiger partial charge in [0.25, 0.3) is 0 Å². The first-order valence-corrected chi connectivity index (χ1v) is 5.03. The molecule has 7 nitrogen and oxygen atoms in total. The van der Waals surface area contributed by atoms with Crippen LogP contribution in [0.15, 0.2) is 12.4 Å². The monoisotopic (exact) mass is 246 g/mol. The SMILES string of the molecule is CC(C)(O)C(C)(O)Cc1cn[nH]c1.OB(O)O. The van der Waals surface area contributed by atoms with Gasteiger partial charge in [-0.3, -0.25) is 5.10 Å². The van der Waals surface area contributed by atoms with Gasteiger partial charge in [-0.25, -0.2) is 0 Å². The average Bonchev–Trinajstić information content (AvgIpc) is 2.52. The van der Waals surface area contributed by atoms with Crippen LogP contribution in [0.5, 0.6) is 0 Å². The largest absolute Gasteiger partial charge is 0.631 e. The summed E-state index contributed by atoms with van der Waals surface area (Å²) in [4.78, 5) is 0. The van der Waals surface area contributed by atoms with E-state index in [1.165, 1.54) is 0 Å². The zero-order valence-electron chi connectivity index (χ0n) is 10.1. The minimum absolute atomic E-state index is 0.382. The molecule has 0 spiro atoms. The molecule has 0 fully saturated rings. The van der Waals surface area contributed by atoms with Crippen molar-refractivity contribution in [1.82, 2.24) is 10.2 Å². The van der Waals surface area contributed by atoms with E-state index in [9.17, 15) is 10.2 Å². The number of aromatic amines is 1. The molecule has 17 heavy (non-hydrogen) atoms. The molecule has 0 aromatic carbocycles. The Hall–Kier alpha value is -0.925. The van der Waals surface area contributed by atoms with Crippen LogP contribution >= 0.6 is 0 Å². The van der Waals surface area contributed by atoms with E-state index in [1.807, 2.05) is 0 Å². The third-order valence-corrected chi connectivity index (χ3v) is 2.42. The van der Waals surface area contributed by atoms with Gasteiger partial charge in [0.15, 0.2) is 0 Å². The van der Waals surface area contributed by atoms with Gasteiger partial charge in [0.1, 0.15) is 0 Å². The number of aromatic nitrogens is 2. The molecule has 0 aliphatic heterocycles. The van der Waals surface area contributed by atoms with Crippen LogP contribution < -0.4 is 0 Å². The Morgan fingerprint density at radius 2 is 1.71 bits per heavy atom. The molecular formula is C9H19BN2O5. The maximum atomic E-state index is 9.93. The lowest BCUT2D eigenvalue weighted by Gasteiger charge is -2.35. The predicted octanol–water partition coefficient (Wildman–Crippen LogP) is -1.58. The first kappa shape index (κ1) is 16.1. The van der Waals surface area contributed by atoms with Crippen molar-refractivity contribution in [2.75, 3.05) is 0 Å². The highest BCUT2D eigenvalue weighted by atomic mass is 16.5. The van der Waals surface area contributed by atoms with Gasteiger partial charge < -0.3 is 25.3 Å². The summed E-state index contributed by atoms with van der Waals surface area (Å²) in [6.45, 7) is 4.79. The molecular weight excluding hydrogens is 227 g/mol. The third kappa shape index (κ3) is 6.39. The van der Waals surface area contributed by atoms with Gasteiger partial charge >= 0.3 is 7.32 Å². The van der Waals surface area contributed by atoms with Gasteiger partial charge in [-0.2, -0.15) is 5.10 Å². The summed E-state index contributed by atoms with van der Waals surface area (Å²) in [5.41, 5.74) is -1.38. The number of hydrogen-bond acceptors (Lipinski definition) is 6. The highest BCUT2D eigenvalue weighted by Gasteiger charge is 2.37. The molecule has 6 N–H and O–H groups in total. The fourth-order valence-electron chi connectivity index (χ4n) is 0.988. The standard InChI is InChI=1S/C9H16N2O2.BH3O3/c1-8(2,12)9(3,13)4-7-5-10-11-6-7;2-1(3)4/h5-6,12-13H,4H2,1-3H3,(H,10,11);2-4H. The normalized spacial score (nSPS) is 14.6. The van der Waals surface area contributed by atoms with Crippen LogP contribution in [0.3, 0.4) is 0 Å². The summed E-state index contributed by atoms with van der Waals surface area (Å²) in [6.07, 6.45) is 3.73. The fourth-order valence-corrected chi connectivity index (χ4v) is 0.988. The summed E-state index contributed by atoms with van der Waals surface area (Å²) in [5.74, 6) is 0. The molecule has 0 aliphatic rings. The summed E-state index contributed by atoms with van der Waals surface area (Å²) in [6, 6.07) is 0. The van der Waals surface area contributed by atoms with Crippen LogP contribution in [0.4, 0.5) is 0 Å². The predicted molar refractivity (Wildman–Crippen MR) is 61.6 cm³/mol. The molecule has 0 saturated heterocycles. The van der Waals surface area contributed by atoms with Gasteiger partial charge in [0.2, 0.25) is 0 Å². The average molecular weight is 246 g/mol. The zero-order chi connectivity index (χ0) is 13.7. The van der Waals surface area contributed by atoms with E-state index in [0.29, 0.717) is 6.42 Å². The molecule has 0 aliphatic carbocycles. The second-order valence-corrected chi connectivity index (χ2v) is 4.46. The zero-order valence-corrected chi connectivity index (χ0v) is 10.1. The fraction of sp³-hybridized carbons (Fsp3) is 0.667. The van der Waals surface area contributed by atoms with Gasteiger partial charge in [-0.15, -0.1) is 0 Å². The molecule has 1 rings (SSSR count). The second kappa shape index (κ2) is 6.13. The van der Waals surface area contributed by atoms with Crippen LogP contribution in [0, 0.1) is 0 Å². The molecule has 0 bridgehead atoms. The maximum Gasteiger partial charge on any atom is 0.631 e. The maximum absolute atomic E-state index is 9.93. The second-order valence-electron chi connectivity index (χ2n) is 4.46. The lowest BCUT2D eigenvalue weighted by molar-refractivity contribution is -0.118. The quantitative estimate of drug-likeness (QED) is 0.357. The Bertz CT molecular complexity index is 305. The summed E-state index contributed by atoms with van der Waals surface area (Å²) in [7, 11) is -2.17. The molecule has 1 aromatic heterocycles. The van der Waals surface area contributed by atoms with Crippen molar-refractivity contribution in [1.29, 1.82) is 0 Å². The molecule has 1 atom stereocenters. The van der Waals surface area contributed by atoms with Crippen LogP contribution in [0.2, 0.25) is 0 Å². The van der Waals surface area contributed by atoms with Crippen molar-refractivity contribution in [2.24, 2.45) is 0 Å². The topological polar surface area (TPSA) is 130 Å². The minimum atomic E-state index is -2.17. The number of hydrogen-bond donors (Lipinski definition) is 6. The Balaban J connectivity index is 0.000000557. The summed E-state index contributed by atoms with van der Waals surface area (Å²) < 4.78 is 0. The number of nitrogens with one attached hydrogen (secondary N) is 1. The molecule has 1 heterocycles. The Morgan fingerprint density at radius 3 is 2.00 bits per heavy atom. The van der Waals surface area contributed by atoms with Crippen molar-refractivity contribution < 1.29 is 25.3 Å². The first-order valence-electron chi connectivity index (χ1n) is 5.03. The molecule has 0 radical (unpaired) electrons. The first-order chi connectivity index (χ1) is 7.56. The lowest BCUT2D eigenvalue weighted by Crippen LogP contribution is -2.49. The highest BCUT2D eigenvalue weighted by Crippen LogP contribution is 2.24.